The Morgan fingerprint density at radius 3 is 1.06 bits per heavy atom. The zero-order valence-corrected chi connectivity index (χ0v) is 7.63. The van der Waals surface area contributed by atoms with Crippen molar-refractivity contribution in [3.8, 4) is 0 Å². The first kappa shape index (κ1) is 18.7. The van der Waals surface area contributed by atoms with E-state index in [-0.39, 0.29) is 11.9 Å². The maximum absolute atomic E-state index is 8.36. The average molecular weight is 242 g/mol. The lowest BCUT2D eigenvalue weighted by atomic mass is 11.1. The molecule has 0 heterocycles. The van der Waals surface area contributed by atoms with E-state index in [0.29, 0.717) is 0 Å². The van der Waals surface area contributed by atoms with Crippen molar-refractivity contribution in [3.63, 3.8) is 0 Å². The molecule has 0 aliphatic carbocycles. The van der Waals surface area contributed by atoms with Crippen molar-refractivity contribution in [2.75, 3.05) is 0 Å². The van der Waals surface area contributed by atoms with Gasteiger partial charge in [-0.05, 0) is 0 Å². The second kappa shape index (κ2) is 11.9. The molecule has 0 fully saturated rings. The van der Waals surface area contributed by atoms with E-state index in [1.54, 1.807) is 0 Å². The number of nitrogens with two attached hydrogens (primary N) is 4. The monoisotopic (exact) mass is 242 g/mol. The Morgan fingerprint density at radius 1 is 0.875 bits per heavy atom. The van der Waals surface area contributed by atoms with Crippen molar-refractivity contribution in [1.82, 2.24) is 0 Å². The van der Waals surface area contributed by atoms with E-state index in [1.165, 1.54) is 0 Å². The fourth-order valence-corrected chi connectivity index (χ4v) is 0.115. The molecule has 10 N–H and O–H groups in total. The van der Waals surface area contributed by atoms with E-state index in [1.807, 2.05) is 0 Å². The molecule has 0 unspecified atom stereocenters. The van der Waals surface area contributed by atoms with Crippen LogP contribution in [0.25, 0.3) is 0 Å². The molecule has 0 bridgehead atoms. The van der Waals surface area contributed by atoms with Crippen molar-refractivity contribution in [3.05, 3.63) is 20.2 Å². The lowest BCUT2D eigenvalue weighted by Gasteiger charge is -1.84. The van der Waals surface area contributed by atoms with E-state index in [0.717, 1.165) is 0 Å². The average Bonchev–Trinajstić information content (AvgIpc) is 1.98. The van der Waals surface area contributed by atoms with Gasteiger partial charge in [0.05, 0.1) is 0 Å². The zero-order chi connectivity index (χ0) is 13.7. The summed E-state index contributed by atoms with van der Waals surface area (Å²) in [6.45, 7) is 0. The van der Waals surface area contributed by atoms with Crippen LogP contribution in [0.5, 0.6) is 0 Å². The van der Waals surface area contributed by atoms with Gasteiger partial charge in [-0.3, -0.25) is 0 Å². The molecule has 0 aromatic carbocycles. The van der Waals surface area contributed by atoms with Crippen LogP contribution in [0.3, 0.4) is 0 Å². The Bertz CT molecular complexity index is 228. The maximum Gasteiger partial charge on any atom is 0.291 e. The quantitative estimate of drug-likeness (QED) is 0.116. The molecule has 0 rings (SSSR count). The van der Waals surface area contributed by atoms with Gasteiger partial charge in [0.2, 0.25) is 11.9 Å². The second-order valence-corrected chi connectivity index (χ2v) is 1.53. The Labute approximate surface area is 87.0 Å². The lowest BCUT2D eigenvalue weighted by Crippen LogP contribution is -2.25. The summed E-state index contributed by atoms with van der Waals surface area (Å²) in [6.07, 6.45) is 0. The molecule has 0 amide bonds. The molecule has 0 atom stereocenters. The minimum atomic E-state index is -1.50. The van der Waals surface area contributed by atoms with Crippen LogP contribution in [0, 0.1) is 20.2 Å². The van der Waals surface area contributed by atoms with Crippen LogP contribution in [0.15, 0.2) is 10.2 Å². The zero-order valence-electron chi connectivity index (χ0n) is 7.63. The van der Waals surface area contributed by atoms with Gasteiger partial charge in [0.15, 0.2) is 0 Å². The first-order valence-electron chi connectivity index (χ1n) is 2.93. The minimum absolute atomic E-state index is 0.168. The van der Waals surface area contributed by atoms with Gasteiger partial charge in [-0.2, -0.15) is 0 Å². The Kier molecular flexibility index (Phi) is 13.9. The number of hydrogen-bond donors (Lipinski definition) is 6. The van der Waals surface area contributed by atoms with Crippen LogP contribution >= 0.6 is 0 Å². The van der Waals surface area contributed by atoms with Crippen molar-refractivity contribution in [2.45, 2.75) is 0 Å². The summed E-state index contributed by atoms with van der Waals surface area (Å²) in [5.41, 5.74) is 19.4. The molecule has 0 aromatic heterocycles. The molecule has 94 valence electrons. The molecule has 0 aromatic rings. The first-order valence-corrected chi connectivity index (χ1v) is 2.93. The Morgan fingerprint density at radius 2 is 1.00 bits per heavy atom. The second-order valence-electron chi connectivity index (χ2n) is 1.53. The van der Waals surface area contributed by atoms with Gasteiger partial charge in [0, 0.05) is 0 Å². The van der Waals surface area contributed by atoms with E-state index in [4.69, 9.17) is 53.6 Å². The number of hydrogen-bond acceptors (Lipinski definition) is 6. The van der Waals surface area contributed by atoms with Crippen LogP contribution in [0.2, 0.25) is 0 Å². The fourth-order valence-electron chi connectivity index (χ4n) is 0.115. The van der Waals surface area contributed by atoms with Gasteiger partial charge in [0.25, 0.3) is 10.2 Å². The number of nitrogens with zero attached hydrogens (tertiary/aromatic N) is 4. The molecule has 14 heteroatoms. The molecular formula is C2H10N8O6. The first-order chi connectivity index (χ1) is 7.09. The number of guanidine groups is 2. The highest BCUT2D eigenvalue weighted by Gasteiger charge is 1.75. The minimum Gasteiger partial charge on any atom is -0.369 e. The summed E-state index contributed by atoms with van der Waals surface area (Å²) in [4.78, 5) is 16.7. The predicted molar refractivity (Wildman–Crippen MR) is 49.2 cm³/mol. The van der Waals surface area contributed by atoms with E-state index in [9.17, 15) is 0 Å². The fraction of sp³-hybridized carbons (Fsp3) is 0. The van der Waals surface area contributed by atoms with Crippen molar-refractivity contribution in [1.29, 1.82) is 0 Å². The summed E-state index contributed by atoms with van der Waals surface area (Å²) in [5.74, 6) is -0.336. The Hall–Kier alpha value is -3.06. The maximum atomic E-state index is 8.36. The molecule has 0 saturated carbocycles. The SMILES string of the molecule is NC(N)=NN=C(N)N.O=[N+]([O-])O.O=[N+]([O-])O. The summed E-state index contributed by atoms with van der Waals surface area (Å²) < 4.78 is 0. The molecule has 0 saturated heterocycles. The topological polar surface area (TPSA) is 256 Å². The lowest BCUT2D eigenvalue weighted by molar-refractivity contribution is -0.742. The van der Waals surface area contributed by atoms with Gasteiger partial charge in [0.1, 0.15) is 0 Å². The third-order valence-electron chi connectivity index (χ3n) is 0.281. The summed E-state index contributed by atoms with van der Waals surface area (Å²) in [7, 11) is 0. The summed E-state index contributed by atoms with van der Waals surface area (Å²) >= 11 is 0. The van der Waals surface area contributed by atoms with Gasteiger partial charge < -0.3 is 33.3 Å². The van der Waals surface area contributed by atoms with E-state index < -0.39 is 10.2 Å². The van der Waals surface area contributed by atoms with Crippen LogP contribution in [0.1, 0.15) is 0 Å². The van der Waals surface area contributed by atoms with Crippen molar-refractivity contribution < 1.29 is 20.6 Å². The van der Waals surface area contributed by atoms with Crippen LogP contribution in [0.4, 0.5) is 0 Å². The largest absolute Gasteiger partial charge is 0.369 e. The van der Waals surface area contributed by atoms with Crippen molar-refractivity contribution >= 4 is 11.9 Å². The van der Waals surface area contributed by atoms with Gasteiger partial charge >= 0.3 is 0 Å². The molecule has 14 nitrogen and oxygen atoms in total. The predicted octanol–water partition coefficient (Wildman–Crippen LogP) is -3.25. The van der Waals surface area contributed by atoms with Crippen LogP contribution in [-0.2, 0) is 0 Å². The van der Waals surface area contributed by atoms with Gasteiger partial charge in [-0.25, -0.2) is 0 Å². The molecule has 0 aliphatic rings. The van der Waals surface area contributed by atoms with E-state index >= 15 is 0 Å². The highest BCUT2D eigenvalue weighted by Crippen LogP contribution is 1.62. The standard InChI is InChI=1S/C2H8N6.2HNO3/c3-1(4)7-8-2(5)6;2*2-1(3)4/h(H4,3,4,7)(H4,5,6,8);2*(H,2,3,4). The molecular weight excluding hydrogens is 232 g/mol. The highest BCUT2D eigenvalue weighted by atomic mass is 16.9. The Balaban J connectivity index is -0.000000179. The van der Waals surface area contributed by atoms with E-state index in [2.05, 4.69) is 10.2 Å². The third kappa shape index (κ3) is 287. The number of rotatable bonds is 1. The molecule has 0 aliphatic heterocycles. The summed E-state index contributed by atoms with van der Waals surface area (Å²) in [5, 5.41) is 33.5. The molecule has 16 heavy (non-hydrogen) atoms. The van der Waals surface area contributed by atoms with Crippen molar-refractivity contribution in [2.24, 2.45) is 33.1 Å². The summed E-state index contributed by atoms with van der Waals surface area (Å²) in [6, 6.07) is 0. The highest BCUT2D eigenvalue weighted by molar-refractivity contribution is 5.79. The van der Waals surface area contributed by atoms with Crippen LogP contribution < -0.4 is 22.9 Å². The molecule has 0 radical (unpaired) electrons. The smallest absolute Gasteiger partial charge is 0.291 e. The van der Waals surface area contributed by atoms with Gasteiger partial charge in [-0.1, -0.05) is 0 Å². The third-order valence-corrected chi connectivity index (χ3v) is 0.281. The molecule has 0 spiro atoms. The van der Waals surface area contributed by atoms with Gasteiger partial charge in [-0.15, -0.1) is 30.4 Å². The van der Waals surface area contributed by atoms with Crippen LogP contribution in [-0.4, -0.2) is 32.5 Å². The normalized spacial score (nSPS) is 6.75.